The molecule has 0 bridgehead atoms. The zero-order valence-corrected chi connectivity index (χ0v) is 12.6. The third-order valence-corrected chi connectivity index (χ3v) is 3.85. The average Bonchev–Trinajstić information content (AvgIpc) is 2.46. The molecular weight excluding hydrogens is 340 g/mol. The molecule has 0 atom stereocenters. The molecule has 5 heteroatoms. The smallest absolute Gasteiger partial charge is 0.149 e. The monoisotopic (exact) mass is 349 g/mol. The summed E-state index contributed by atoms with van der Waals surface area (Å²) < 4.78 is 33.1. The highest BCUT2D eigenvalue weighted by Gasteiger charge is 2.12. The van der Waals surface area contributed by atoms with Gasteiger partial charge < -0.3 is 4.74 Å². The molecule has 0 amide bonds. The summed E-state index contributed by atoms with van der Waals surface area (Å²) in [6.45, 7) is 1.72. The van der Waals surface area contributed by atoms with Crippen LogP contribution in [0.1, 0.15) is 5.69 Å². The minimum Gasteiger partial charge on any atom is -0.454 e. The van der Waals surface area contributed by atoms with Crippen molar-refractivity contribution in [3.05, 3.63) is 64.3 Å². The number of rotatable bonds is 2. The minimum absolute atomic E-state index is 0.240. The van der Waals surface area contributed by atoms with E-state index in [-0.39, 0.29) is 10.3 Å². The van der Waals surface area contributed by atoms with Crippen LogP contribution in [0, 0.1) is 18.6 Å². The molecule has 3 aromatic rings. The molecule has 0 aliphatic carbocycles. The van der Waals surface area contributed by atoms with Crippen molar-refractivity contribution in [3.63, 3.8) is 0 Å². The van der Waals surface area contributed by atoms with Gasteiger partial charge in [-0.05, 0) is 47.1 Å². The topological polar surface area (TPSA) is 22.1 Å². The Morgan fingerprint density at radius 3 is 2.52 bits per heavy atom. The van der Waals surface area contributed by atoms with Gasteiger partial charge in [0.05, 0.1) is 10.2 Å². The number of para-hydroxylation sites is 1. The van der Waals surface area contributed by atoms with E-state index in [1.807, 2.05) is 0 Å². The van der Waals surface area contributed by atoms with Crippen LogP contribution in [0.25, 0.3) is 10.9 Å². The zero-order valence-electron chi connectivity index (χ0n) is 11.0. The maximum Gasteiger partial charge on any atom is 0.149 e. The lowest BCUT2D eigenvalue weighted by Crippen LogP contribution is -1.94. The largest absolute Gasteiger partial charge is 0.454 e. The van der Waals surface area contributed by atoms with Crippen LogP contribution in [0.15, 0.2) is 46.9 Å². The summed E-state index contributed by atoms with van der Waals surface area (Å²) in [4.78, 5) is 4.21. The molecule has 0 unspecified atom stereocenters. The van der Waals surface area contributed by atoms with E-state index in [4.69, 9.17) is 4.74 Å². The van der Waals surface area contributed by atoms with Crippen molar-refractivity contribution >= 4 is 26.8 Å². The third kappa shape index (κ3) is 2.61. The van der Waals surface area contributed by atoms with Crippen molar-refractivity contribution in [3.8, 4) is 11.5 Å². The van der Waals surface area contributed by atoms with E-state index in [1.165, 1.54) is 12.1 Å². The Morgan fingerprint density at radius 1 is 1.00 bits per heavy atom. The Morgan fingerprint density at radius 2 is 1.71 bits per heavy atom. The Hall–Kier alpha value is -2.01. The molecule has 1 heterocycles. The molecule has 0 aliphatic rings. The fraction of sp³-hybridized carbons (Fsp3) is 0.0625. The number of halogens is 3. The predicted octanol–water partition coefficient (Wildman–Crippen LogP) is 5.38. The quantitative estimate of drug-likeness (QED) is 0.619. The lowest BCUT2D eigenvalue weighted by molar-refractivity contribution is 0.467. The molecule has 0 saturated carbocycles. The summed E-state index contributed by atoms with van der Waals surface area (Å²) >= 11 is 3.14. The molecule has 0 spiro atoms. The highest BCUT2D eigenvalue weighted by molar-refractivity contribution is 9.10. The molecule has 0 aliphatic heterocycles. The Labute approximate surface area is 128 Å². The van der Waals surface area contributed by atoms with Gasteiger partial charge in [-0.2, -0.15) is 0 Å². The van der Waals surface area contributed by atoms with E-state index in [0.717, 1.165) is 0 Å². The van der Waals surface area contributed by atoms with Crippen molar-refractivity contribution in [2.24, 2.45) is 0 Å². The maximum atomic E-state index is 13.7. The van der Waals surface area contributed by atoms with Gasteiger partial charge in [0, 0.05) is 5.39 Å². The molecule has 0 N–H and O–H groups in total. The summed E-state index contributed by atoms with van der Waals surface area (Å²) in [5, 5.41) is 0.628. The highest BCUT2D eigenvalue weighted by Crippen LogP contribution is 2.34. The number of ether oxygens (including phenoxy) is 1. The standard InChI is InChI=1S/C16H10BrF2NO/c1-9-14(21-13-7-3-5-11(18)15(13)17)8-10-4-2-6-12(19)16(10)20-9/h2-8H,1H3. The molecule has 106 valence electrons. The third-order valence-electron chi connectivity index (χ3n) is 3.08. The Bertz CT molecular complexity index is 836. The number of aryl methyl sites for hydroxylation is 1. The SMILES string of the molecule is Cc1nc2c(F)cccc2cc1Oc1cccc(F)c1Br. The molecule has 0 radical (unpaired) electrons. The first-order valence-electron chi connectivity index (χ1n) is 6.24. The zero-order chi connectivity index (χ0) is 15.0. The fourth-order valence-corrected chi connectivity index (χ4v) is 2.36. The summed E-state index contributed by atoms with van der Waals surface area (Å²) in [5.41, 5.74) is 0.824. The van der Waals surface area contributed by atoms with E-state index in [2.05, 4.69) is 20.9 Å². The number of nitrogens with zero attached hydrogens (tertiary/aromatic N) is 1. The van der Waals surface area contributed by atoms with Gasteiger partial charge in [0.15, 0.2) is 0 Å². The Kier molecular flexibility index (Phi) is 3.59. The van der Waals surface area contributed by atoms with Gasteiger partial charge in [-0.1, -0.05) is 18.2 Å². The van der Waals surface area contributed by atoms with Gasteiger partial charge in [-0.25, -0.2) is 13.8 Å². The van der Waals surface area contributed by atoms with Crippen LogP contribution in [-0.2, 0) is 0 Å². The van der Waals surface area contributed by atoms with Crippen LogP contribution in [-0.4, -0.2) is 4.98 Å². The Balaban J connectivity index is 2.09. The molecule has 2 aromatic carbocycles. The normalized spacial score (nSPS) is 10.9. The first kappa shape index (κ1) is 13.9. The van der Waals surface area contributed by atoms with E-state index in [1.54, 1.807) is 37.3 Å². The van der Waals surface area contributed by atoms with Crippen molar-refractivity contribution in [1.29, 1.82) is 0 Å². The summed E-state index contributed by atoms with van der Waals surface area (Å²) in [6.07, 6.45) is 0. The highest BCUT2D eigenvalue weighted by atomic mass is 79.9. The van der Waals surface area contributed by atoms with Crippen molar-refractivity contribution in [1.82, 2.24) is 4.98 Å². The van der Waals surface area contributed by atoms with Gasteiger partial charge in [-0.15, -0.1) is 0 Å². The van der Waals surface area contributed by atoms with E-state index in [0.29, 0.717) is 28.1 Å². The molecular formula is C16H10BrF2NO. The average molecular weight is 350 g/mol. The minimum atomic E-state index is -0.412. The number of benzene rings is 2. The summed E-state index contributed by atoms with van der Waals surface area (Å²) in [7, 11) is 0. The van der Waals surface area contributed by atoms with Crippen LogP contribution >= 0.6 is 15.9 Å². The predicted molar refractivity (Wildman–Crippen MR) is 80.6 cm³/mol. The van der Waals surface area contributed by atoms with Crippen LogP contribution < -0.4 is 4.74 Å². The first-order chi connectivity index (χ1) is 10.1. The molecule has 21 heavy (non-hydrogen) atoms. The van der Waals surface area contributed by atoms with Crippen LogP contribution in [0.5, 0.6) is 11.5 Å². The van der Waals surface area contributed by atoms with Gasteiger partial charge in [0.25, 0.3) is 0 Å². The summed E-state index contributed by atoms with van der Waals surface area (Å²) in [5.74, 6) is 0.00841. The lowest BCUT2D eigenvalue weighted by atomic mass is 10.2. The van der Waals surface area contributed by atoms with Crippen LogP contribution in [0.3, 0.4) is 0 Å². The molecule has 3 rings (SSSR count). The number of aromatic nitrogens is 1. The van der Waals surface area contributed by atoms with Gasteiger partial charge in [0.2, 0.25) is 0 Å². The lowest BCUT2D eigenvalue weighted by Gasteiger charge is -2.11. The maximum absolute atomic E-state index is 13.7. The van der Waals surface area contributed by atoms with Crippen molar-refractivity contribution in [2.75, 3.05) is 0 Å². The van der Waals surface area contributed by atoms with Gasteiger partial charge in [-0.3, -0.25) is 0 Å². The van der Waals surface area contributed by atoms with E-state index < -0.39 is 5.82 Å². The van der Waals surface area contributed by atoms with Crippen molar-refractivity contribution < 1.29 is 13.5 Å². The number of pyridine rings is 1. The summed E-state index contributed by atoms with van der Waals surface area (Å²) in [6, 6.07) is 10.9. The van der Waals surface area contributed by atoms with Crippen molar-refractivity contribution in [2.45, 2.75) is 6.92 Å². The molecule has 2 nitrogen and oxygen atoms in total. The number of hydrogen-bond donors (Lipinski definition) is 0. The number of hydrogen-bond acceptors (Lipinski definition) is 2. The second kappa shape index (κ2) is 5.41. The first-order valence-corrected chi connectivity index (χ1v) is 7.03. The van der Waals surface area contributed by atoms with Crippen LogP contribution in [0.4, 0.5) is 8.78 Å². The van der Waals surface area contributed by atoms with E-state index >= 15 is 0 Å². The molecule has 0 fully saturated rings. The second-order valence-electron chi connectivity index (χ2n) is 4.54. The second-order valence-corrected chi connectivity index (χ2v) is 5.33. The fourth-order valence-electron chi connectivity index (χ4n) is 2.02. The number of fused-ring (bicyclic) bond motifs is 1. The molecule has 0 saturated heterocycles. The van der Waals surface area contributed by atoms with Crippen LogP contribution in [0.2, 0.25) is 0 Å². The van der Waals surface area contributed by atoms with Gasteiger partial charge in [0.1, 0.15) is 28.7 Å². The molecule has 1 aromatic heterocycles. The van der Waals surface area contributed by atoms with E-state index in [9.17, 15) is 8.78 Å². The van der Waals surface area contributed by atoms with Gasteiger partial charge >= 0.3 is 0 Å².